The first-order valence-corrected chi connectivity index (χ1v) is 4.78. The van der Waals surface area contributed by atoms with E-state index in [1.807, 2.05) is 0 Å². The maximum atomic E-state index is 12.5. The number of aromatic nitrogens is 3. The van der Waals surface area contributed by atoms with Crippen LogP contribution < -0.4 is 0 Å². The van der Waals surface area contributed by atoms with Crippen LogP contribution in [0.2, 0.25) is 5.15 Å². The quantitative estimate of drug-likeness (QED) is 0.672. The molecule has 86 valence electrons. The molecule has 0 aliphatic heterocycles. The summed E-state index contributed by atoms with van der Waals surface area (Å²) in [5.41, 5.74) is 0.326. The molecule has 2 heterocycles. The summed E-state index contributed by atoms with van der Waals surface area (Å²) < 4.78 is 38.6. The van der Waals surface area contributed by atoms with Crippen molar-refractivity contribution in [2.24, 2.45) is 0 Å². The Morgan fingerprint density at radius 1 is 1.31 bits per heavy atom. The molecular formula is C9H7ClF3N3. The summed E-state index contributed by atoms with van der Waals surface area (Å²) in [6.07, 6.45) is -4.50. The van der Waals surface area contributed by atoms with Crippen molar-refractivity contribution in [3.63, 3.8) is 0 Å². The number of rotatable bonds is 0. The molecular weight excluding hydrogens is 243 g/mol. The Morgan fingerprint density at radius 2 is 1.94 bits per heavy atom. The highest BCUT2D eigenvalue weighted by atomic mass is 35.5. The largest absolute Gasteiger partial charge is 0.433 e. The number of hydrogen-bond acceptors (Lipinski definition) is 2. The molecule has 16 heavy (non-hydrogen) atoms. The highest BCUT2D eigenvalue weighted by molar-refractivity contribution is 6.29. The Labute approximate surface area is 93.9 Å². The molecule has 2 rings (SSSR count). The molecule has 0 N–H and O–H groups in total. The van der Waals surface area contributed by atoms with E-state index < -0.39 is 11.9 Å². The summed E-state index contributed by atoms with van der Waals surface area (Å²) in [5, 5.41) is 3.89. The van der Waals surface area contributed by atoms with Crippen molar-refractivity contribution < 1.29 is 13.2 Å². The average Bonchev–Trinajstić information content (AvgIpc) is 2.44. The summed E-state index contributed by atoms with van der Waals surface area (Å²) in [6, 6.07) is 0.764. The first-order chi connectivity index (χ1) is 7.30. The molecule has 0 saturated heterocycles. The Kier molecular flexibility index (Phi) is 2.34. The second-order valence-corrected chi connectivity index (χ2v) is 3.79. The predicted molar refractivity (Wildman–Crippen MR) is 52.5 cm³/mol. The fraction of sp³-hybridized carbons (Fsp3) is 0.333. The monoisotopic (exact) mass is 249 g/mol. The van der Waals surface area contributed by atoms with Gasteiger partial charge in [-0.1, -0.05) is 11.6 Å². The molecule has 0 aliphatic carbocycles. The smallest absolute Gasteiger partial charge is 0.224 e. The van der Waals surface area contributed by atoms with Gasteiger partial charge in [0, 0.05) is 11.6 Å². The van der Waals surface area contributed by atoms with Gasteiger partial charge in [0.25, 0.3) is 0 Å². The van der Waals surface area contributed by atoms with E-state index in [9.17, 15) is 13.2 Å². The predicted octanol–water partition coefficient (Wildman–Crippen LogP) is 3.02. The lowest BCUT2D eigenvalue weighted by molar-refractivity contribution is -0.141. The van der Waals surface area contributed by atoms with Crippen molar-refractivity contribution in [2.75, 3.05) is 0 Å². The molecule has 3 nitrogen and oxygen atoms in total. The number of hydrogen-bond donors (Lipinski definition) is 0. The Hall–Kier alpha value is -1.30. The molecule has 0 unspecified atom stereocenters. The highest BCUT2D eigenvalue weighted by Gasteiger charge is 2.33. The van der Waals surface area contributed by atoms with Crippen molar-refractivity contribution in [1.82, 2.24) is 14.6 Å². The Morgan fingerprint density at radius 3 is 2.50 bits per heavy atom. The highest BCUT2D eigenvalue weighted by Crippen LogP contribution is 2.30. The van der Waals surface area contributed by atoms with Crippen LogP contribution in [0.1, 0.15) is 17.0 Å². The minimum absolute atomic E-state index is 0.103. The van der Waals surface area contributed by atoms with Gasteiger partial charge in [0.2, 0.25) is 0 Å². The van der Waals surface area contributed by atoms with Gasteiger partial charge in [-0.15, -0.1) is 0 Å². The molecule has 0 radical (unpaired) electrons. The second kappa shape index (κ2) is 3.35. The summed E-state index contributed by atoms with van der Waals surface area (Å²) in [6.45, 7) is 3.34. The minimum Gasteiger partial charge on any atom is -0.224 e. The van der Waals surface area contributed by atoms with Crippen LogP contribution in [0.5, 0.6) is 0 Å². The van der Waals surface area contributed by atoms with Gasteiger partial charge in [-0.2, -0.15) is 18.3 Å². The van der Waals surface area contributed by atoms with Gasteiger partial charge < -0.3 is 0 Å². The van der Waals surface area contributed by atoms with Gasteiger partial charge >= 0.3 is 6.18 Å². The van der Waals surface area contributed by atoms with E-state index >= 15 is 0 Å². The first-order valence-electron chi connectivity index (χ1n) is 4.40. The molecule has 0 aliphatic rings. The van der Waals surface area contributed by atoms with Crippen molar-refractivity contribution in [1.29, 1.82) is 0 Å². The second-order valence-electron chi connectivity index (χ2n) is 3.41. The summed E-state index contributed by atoms with van der Waals surface area (Å²) in [4.78, 5) is 3.52. The topological polar surface area (TPSA) is 30.2 Å². The number of aryl methyl sites for hydroxylation is 2. The normalized spacial score (nSPS) is 12.4. The fourth-order valence-electron chi connectivity index (χ4n) is 1.34. The molecule has 0 atom stereocenters. The zero-order valence-corrected chi connectivity index (χ0v) is 9.19. The van der Waals surface area contributed by atoms with Crippen LogP contribution in [0.3, 0.4) is 0 Å². The molecule has 0 bridgehead atoms. The van der Waals surface area contributed by atoms with Gasteiger partial charge in [0.1, 0.15) is 10.8 Å². The van der Waals surface area contributed by atoms with E-state index in [1.54, 1.807) is 13.8 Å². The number of alkyl halides is 3. The van der Waals surface area contributed by atoms with E-state index in [2.05, 4.69) is 10.1 Å². The van der Waals surface area contributed by atoms with Crippen LogP contribution in [0.4, 0.5) is 13.2 Å². The van der Waals surface area contributed by atoms with Crippen molar-refractivity contribution in [3.8, 4) is 0 Å². The third-order valence-corrected chi connectivity index (χ3v) is 2.57. The Bertz CT molecular complexity index is 559. The van der Waals surface area contributed by atoms with Crippen molar-refractivity contribution >= 4 is 17.2 Å². The van der Waals surface area contributed by atoms with Gasteiger partial charge in [0.15, 0.2) is 5.65 Å². The molecule has 7 heteroatoms. The molecule has 0 aromatic carbocycles. The number of nitrogens with zero attached hydrogens (tertiary/aromatic N) is 3. The molecule has 0 spiro atoms. The van der Waals surface area contributed by atoms with E-state index in [0.717, 1.165) is 6.07 Å². The van der Waals surface area contributed by atoms with Gasteiger partial charge in [-0.25, -0.2) is 9.50 Å². The van der Waals surface area contributed by atoms with Gasteiger partial charge in [-0.3, -0.25) is 0 Å². The average molecular weight is 250 g/mol. The van der Waals surface area contributed by atoms with Crippen LogP contribution >= 0.6 is 11.6 Å². The molecule has 2 aromatic rings. The van der Waals surface area contributed by atoms with E-state index in [0.29, 0.717) is 11.3 Å². The van der Waals surface area contributed by atoms with Gasteiger partial charge in [-0.05, 0) is 13.8 Å². The van der Waals surface area contributed by atoms with Crippen LogP contribution in [0.15, 0.2) is 6.07 Å². The molecule has 0 saturated carbocycles. The van der Waals surface area contributed by atoms with E-state index in [4.69, 9.17) is 11.6 Å². The maximum Gasteiger partial charge on any atom is 0.433 e. The molecule has 0 fully saturated rings. The SMILES string of the molecule is Cc1nn2c(Cl)cc(C(F)(F)F)nc2c1C. The third kappa shape index (κ3) is 1.63. The van der Waals surface area contributed by atoms with Crippen molar-refractivity contribution in [3.05, 3.63) is 28.2 Å². The standard InChI is InChI=1S/C9H7ClF3N3/c1-4-5(2)15-16-7(10)3-6(9(11,12)13)14-8(4)16/h3H,1-2H3. The third-order valence-electron chi connectivity index (χ3n) is 2.30. The summed E-state index contributed by atoms with van der Waals surface area (Å²) >= 11 is 5.71. The minimum atomic E-state index is -4.50. The van der Waals surface area contributed by atoms with Crippen LogP contribution in [0, 0.1) is 13.8 Å². The zero-order chi connectivity index (χ0) is 12.1. The lowest BCUT2D eigenvalue weighted by atomic mass is 10.3. The first kappa shape index (κ1) is 11.2. The van der Waals surface area contributed by atoms with Crippen LogP contribution in [0.25, 0.3) is 5.65 Å². The zero-order valence-electron chi connectivity index (χ0n) is 8.43. The summed E-state index contributed by atoms with van der Waals surface area (Å²) in [7, 11) is 0. The van der Waals surface area contributed by atoms with E-state index in [1.165, 1.54) is 4.52 Å². The Balaban J connectivity index is 2.80. The number of halogens is 4. The lowest BCUT2D eigenvalue weighted by Crippen LogP contribution is -2.09. The number of fused-ring (bicyclic) bond motifs is 1. The van der Waals surface area contributed by atoms with Crippen molar-refractivity contribution in [2.45, 2.75) is 20.0 Å². The summed E-state index contributed by atoms with van der Waals surface area (Å²) in [5.74, 6) is 0. The van der Waals surface area contributed by atoms with Gasteiger partial charge in [0.05, 0.1) is 5.69 Å². The molecule has 2 aromatic heterocycles. The maximum absolute atomic E-state index is 12.5. The lowest BCUT2D eigenvalue weighted by Gasteiger charge is -2.06. The molecule has 0 amide bonds. The fourth-order valence-corrected chi connectivity index (χ4v) is 1.56. The van der Waals surface area contributed by atoms with Crippen LogP contribution in [-0.2, 0) is 6.18 Å². The van der Waals surface area contributed by atoms with E-state index in [-0.39, 0.29) is 10.8 Å². The van der Waals surface area contributed by atoms with Crippen LogP contribution in [-0.4, -0.2) is 14.6 Å².